The maximum Gasteiger partial charge on any atom is 0.251 e. The minimum atomic E-state index is -0.100. The lowest BCUT2D eigenvalue weighted by molar-refractivity contribution is 0.0950. The van der Waals surface area contributed by atoms with Gasteiger partial charge in [-0.2, -0.15) is 5.10 Å². The number of aryl methyl sites for hydroxylation is 1. The molecule has 18 heavy (non-hydrogen) atoms. The number of aromatic amines is 1. The number of nitrogen functional groups attached to an aromatic ring is 1. The van der Waals surface area contributed by atoms with Crippen LogP contribution in [0.3, 0.4) is 0 Å². The molecular formula is C13H16N4O. The van der Waals surface area contributed by atoms with Crippen LogP contribution in [0.25, 0.3) is 0 Å². The van der Waals surface area contributed by atoms with Crippen molar-refractivity contribution >= 4 is 11.7 Å². The molecule has 4 N–H and O–H groups in total. The molecule has 0 aliphatic heterocycles. The zero-order chi connectivity index (χ0) is 13.1. The first-order valence-electron chi connectivity index (χ1n) is 5.71. The van der Waals surface area contributed by atoms with E-state index in [1.165, 1.54) is 0 Å². The van der Waals surface area contributed by atoms with Gasteiger partial charge in [0.05, 0.1) is 6.20 Å². The van der Waals surface area contributed by atoms with Crippen LogP contribution in [0, 0.1) is 13.8 Å². The second-order valence-electron chi connectivity index (χ2n) is 4.24. The van der Waals surface area contributed by atoms with Gasteiger partial charge in [-0.1, -0.05) is 12.1 Å². The molecule has 0 aliphatic rings. The summed E-state index contributed by atoms with van der Waals surface area (Å²) in [4.78, 5) is 12.0. The second kappa shape index (κ2) is 4.91. The number of benzene rings is 1. The minimum Gasteiger partial charge on any atom is -0.384 e. The Balaban J connectivity index is 2.09. The Kier molecular flexibility index (Phi) is 3.32. The van der Waals surface area contributed by atoms with Gasteiger partial charge in [-0.3, -0.25) is 9.89 Å². The number of H-pyrrole nitrogens is 1. The highest BCUT2D eigenvalue weighted by Gasteiger charge is 2.10. The number of carbonyl (C=O) groups excluding carboxylic acids is 1. The largest absolute Gasteiger partial charge is 0.384 e. The third-order valence-electron chi connectivity index (χ3n) is 3.04. The molecule has 5 nitrogen and oxygen atoms in total. The molecule has 5 heteroatoms. The molecule has 0 unspecified atom stereocenters. The molecule has 0 saturated carbocycles. The summed E-state index contributed by atoms with van der Waals surface area (Å²) < 4.78 is 0. The summed E-state index contributed by atoms with van der Waals surface area (Å²) in [5, 5.41) is 9.26. The molecular weight excluding hydrogens is 228 g/mol. The van der Waals surface area contributed by atoms with E-state index in [0.717, 1.165) is 16.7 Å². The SMILES string of the molecule is Cc1cccc(C(=O)NCc2cn[nH]c2N)c1C. The molecule has 0 saturated heterocycles. The van der Waals surface area contributed by atoms with Crippen molar-refractivity contribution in [3.8, 4) is 0 Å². The molecule has 0 radical (unpaired) electrons. The fraction of sp³-hybridized carbons (Fsp3) is 0.231. The third kappa shape index (κ3) is 2.34. The normalized spacial score (nSPS) is 10.3. The second-order valence-corrected chi connectivity index (χ2v) is 4.24. The van der Waals surface area contributed by atoms with E-state index in [1.54, 1.807) is 6.20 Å². The zero-order valence-corrected chi connectivity index (χ0v) is 10.4. The van der Waals surface area contributed by atoms with Crippen molar-refractivity contribution in [2.75, 3.05) is 5.73 Å². The van der Waals surface area contributed by atoms with Crippen LogP contribution < -0.4 is 11.1 Å². The van der Waals surface area contributed by atoms with Crippen LogP contribution in [0.5, 0.6) is 0 Å². The Hall–Kier alpha value is -2.30. The molecule has 2 rings (SSSR count). The topological polar surface area (TPSA) is 83.8 Å². The number of nitrogens with zero attached hydrogens (tertiary/aromatic N) is 1. The summed E-state index contributed by atoms with van der Waals surface area (Å²) in [6.07, 6.45) is 1.61. The number of aromatic nitrogens is 2. The molecule has 0 bridgehead atoms. The number of carbonyl (C=O) groups is 1. The lowest BCUT2D eigenvalue weighted by Gasteiger charge is -2.09. The number of amides is 1. The first kappa shape index (κ1) is 12.2. The van der Waals surface area contributed by atoms with E-state index in [0.29, 0.717) is 17.9 Å². The van der Waals surface area contributed by atoms with Crippen molar-refractivity contribution in [2.24, 2.45) is 0 Å². The van der Waals surface area contributed by atoms with Crippen molar-refractivity contribution in [3.05, 3.63) is 46.6 Å². The fourth-order valence-corrected chi connectivity index (χ4v) is 1.73. The van der Waals surface area contributed by atoms with Gasteiger partial charge in [0.25, 0.3) is 5.91 Å². The lowest BCUT2D eigenvalue weighted by atomic mass is 10.0. The maximum absolute atomic E-state index is 12.0. The number of nitrogens with two attached hydrogens (primary N) is 1. The van der Waals surface area contributed by atoms with Crippen LogP contribution >= 0.6 is 0 Å². The van der Waals surface area contributed by atoms with Crippen molar-refractivity contribution in [1.82, 2.24) is 15.5 Å². The van der Waals surface area contributed by atoms with E-state index in [2.05, 4.69) is 15.5 Å². The van der Waals surface area contributed by atoms with Gasteiger partial charge in [-0.05, 0) is 31.0 Å². The van der Waals surface area contributed by atoms with Crippen LogP contribution in [0.2, 0.25) is 0 Å². The quantitative estimate of drug-likeness (QED) is 0.765. The predicted molar refractivity (Wildman–Crippen MR) is 70.1 cm³/mol. The van der Waals surface area contributed by atoms with Crippen LogP contribution in [-0.4, -0.2) is 16.1 Å². The summed E-state index contributed by atoms with van der Waals surface area (Å²) in [7, 11) is 0. The molecule has 0 aliphatic carbocycles. The molecule has 1 amide bonds. The zero-order valence-electron chi connectivity index (χ0n) is 10.4. The number of hydrogen-bond acceptors (Lipinski definition) is 3. The monoisotopic (exact) mass is 244 g/mol. The van der Waals surface area contributed by atoms with Crippen LogP contribution in [0.1, 0.15) is 27.0 Å². The van der Waals surface area contributed by atoms with Gasteiger partial charge >= 0.3 is 0 Å². The highest BCUT2D eigenvalue weighted by molar-refractivity contribution is 5.95. The van der Waals surface area contributed by atoms with Gasteiger partial charge in [-0.15, -0.1) is 0 Å². The highest BCUT2D eigenvalue weighted by Crippen LogP contribution is 2.13. The predicted octanol–water partition coefficient (Wildman–Crippen LogP) is 1.54. The van der Waals surface area contributed by atoms with E-state index >= 15 is 0 Å². The van der Waals surface area contributed by atoms with E-state index < -0.39 is 0 Å². The highest BCUT2D eigenvalue weighted by atomic mass is 16.1. The van der Waals surface area contributed by atoms with Gasteiger partial charge in [-0.25, -0.2) is 0 Å². The maximum atomic E-state index is 12.0. The summed E-state index contributed by atoms with van der Waals surface area (Å²) in [5.74, 6) is 0.382. The average molecular weight is 244 g/mol. The van der Waals surface area contributed by atoms with Gasteiger partial charge < -0.3 is 11.1 Å². The fourth-order valence-electron chi connectivity index (χ4n) is 1.73. The molecule has 94 valence electrons. The van der Waals surface area contributed by atoms with Crippen LogP contribution in [0.4, 0.5) is 5.82 Å². The molecule has 1 aromatic heterocycles. The average Bonchev–Trinajstić information content (AvgIpc) is 2.75. The van der Waals surface area contributed by atoms with Crippen molar-refractivity contribution in [1.29, 1.82) is 0 Å². The Morgan fingerprint density at radius 3 is 2.89 bits per heavy atom. The number of nitrogens with one attached hydrogen (secondary N) is 2. The van der Waals surface area contributed by atoms with Crippen molar-refractivity contribution < 1.29 is 4.79 Å². The Bertz CT molecular complexity index is 574. The molecule has 1 heterocycles. The van der Waals surface area contributed by atoms with Crippen molar-refractivity contribution in [3.63, 3.8) is 0 Å². The Morgan fingerprint density at radius 1 is 1.44 bits per heavy atom. The standard InChI is InChI=1S/C13H16N4O/c1-8-4-3-5-11(9(8)2)13(18)15-6-10-7-16-17-12(10)14/h3-5,7H,6H2,1-2H3,(H,15,18)(H3,14,16,17). The molecule has 0 fully saturated rings. The lowest BCUT2D eigenvalue weighted by Crippen LogP contribution is -2.24. The minimum absolute atomic E-state index is 0.100. The summed E-state index contributed by atoms with van der Waals surface area (Å²) in [6.45, 7) is 4.30. The van der Waals surface area contributed by atoms with Gasteiger partial charge in [0, 0.05) is 17.7 Å². The number of anilines is 1. The van der Waals surface area contributed by atoms with E-state index in [-0.39, 0.29) is 5.91 Å². The van der Waals surface area contributed by atoms with Gasteiger partial charge in [0.2, 0.25) is 0 Å². The third-order valence-corrected chi connectivity index (χ3v) is 3.04. The van der Waals surface area contributed by atoms with Crippen LogP contribution in [0.15, 0.2) is 24.4 Å². The molecule has 0 spiro atoms. The van der Waals surface area contributed by atoms with Crippen molar-refractivity contribution in [2.45, 2.75) is 20.4 Å². The molecule has 0 atom stereocenters. The first-order valence-corrected chi connectivity index (χ1v) is 5.71. The first-order chi connectivity index (χ1) is 8.59. The van der Waals surface area contributed by atoms with Gasteiger partial charge in [0.15, 0.2) is 0 Å². The molecule has 1 aromatic carbocycles. The van der Waals surface area contributed by atoms with E-state index in [1.807, 2.05) is 32.0 Å². The van der Waals surface area contributed by atoms with Gasteiger partial charge in [0.1, 0.15) is 5.82 Å². The Labute approximate surface area is 105 Å². The smallest absolute Gasteiger partial charge is 0.251 e. The summed E-state index contributed by atoms with van der Waals surface area (Å²) in [6, 6.07) is 5.68. The van der Waals surface area contributed by atoms with E-state index in [9.17, 15) is 4.79 Å². The summed E-state index contributed by atoms with van der Waals surface area (Å²) >= 11 is 0. The van der Waals surface area contributed by atoms with Crippen LogP contribution in [-0.2, 0) is 6.54 Å². The number of hydrogen-bond donors (Lipinski definition) is 3. The van der Waals surface area contributed by atoms with E-state index in [4.69, 9.17) is 5.73 Å². The Morgan fingerprint density at radius 2 is 2.22 bits per heavy atom. The molecule has 2 aromatic rings. The summed E-state index contributed by atoms with van der Waals surface area (Å²) in [5.41, 5.74) is 9.23. The number of rotatable bonds is 3.